The fourth-order valence-electron chi connectivity index (χ4n) is 4.28. The first-order valence-corrected chi connectivity index (χ1v) is 11.9. The van der Waals surface area contributed by atoms with E-state index in [1.165, 1.54) is 6.42 Å². The molecule has 0 radical (unpaired) electrons. The zero-order valence-electron chi connectivity index (χ0n) is 19.5. The number of rotatable bonds is 8. The number of hydrogen-bond acceptors (Lipinski definition) is 6. The lowest BCUT2D eigenvalue weighted by atomic mass is 10.1. The molecule has 0 saturated carbocycles. The molecule has 34 heavy (non-hydrogen) atoms. The SMILES string of the molecule is CCc1cc(Cl)ccc1OCC(=O)N=Nc1c(O)n(CN2CCCCC2)c2cccc(OC)c12. The summed E-state index contributed by atoms with van der Waals surface area (Å²) in [6.45, 7) is 4.18. The van der Waals surface area contributed by atoms with Gasteiger partial charge in [0, 0.05) is 5.02 Å². The third-order valence-corrected chi connectivity index (χ3v) is 6.26. The van der Waals surface area contributed by atoms with Gasteiger partial charge in [-0.2, -0.15) is 0 Å². The Kier molecular flexibility index (Phi) is 7.70. The van der Waals surface area contributed by atoms with Gasteiger partial charge in [0.15, 0.2) is 12.3 Å². The predicted molar refractivity (Wildman–Crippen MR) is 131 cm³/mol. The first-order valence-electron chi connectivity index (χ1n) is 11.5. The molecule has 2 heterocycles. The molecule has 1 aliphatic heterocycles. The van der Waals surface area contributed by atoms with Crippen LogP contribution in [0, 0.1) is 0 Å². The molecule has 0 bridgehead atoms. The van der Waals surface area contributed by atoms with Gasteiger partial charge in [0.1, 0.15) is 11.5 Å². The molecule has 1 saturated heterocycles. The molecule has 8 nitrogen and oxygen atoms in total. The van der Waals surface area contributed by atoms with Gasteiger partial charge < -0.3 is 14.6 Å². The highest BCUT2D eigenvalue weighted by atomic mass is 35.5. The Labute approximate surface area is 203 Å². The van der Waals surface area contributed by atoms with Crippen molar-refractivity contribution < 1.29 is 19.4 Å². The maximum absolute atomic E-state index is 12.4. The summed E-state index contributed by atoms with van der Waals surface area (Å²) in [5, 5.41) is 20.2. The van der Waals surface area contributed by atoms with Crippen molar-refractivity contribution in [3.05, 3.63) is 47.0 Å². The molecule has 0 atom stereocenters. The summed E-state index contributed by atoms with van der Waals surface area (Å²) in [5.74, 6) is 0.520. The van der Waals surface area contributed by atoms with E-state index in [9.17, 15) is 9.90 Å². The Bertz CT molecular complexity index is 1200. The van der Waals surface area contributed by atoms with Crippen molar-refractivity contribution in [2.75, 3.05) is 26.8 Å². The van der Waals surface area contributed by atoms with Gasteiger partial charge in [0.25, 0.3) is 0 Å². The Hall–Kier alpha value is -3.10. The van der Waals surface area contributed by atoms with E-state index in [1.54, 1.807) is 29.9 Å². The largest absolute Gasteiger partial charge is 0.496 e. The average molecular weight is 485 g/mol. The van der Waals surface area contributed by atoms with E-state index in [1.807, 2.05) is 25.1 Å². The number of methoxy groups -OCH3 is 1. The van der Waals surface area contributed by atoms with Crippen molar-refractivity contribution in [3.8, 4) is 17.4 Å². The molecular weight excluding hydrogens is 456 g/mol. The predicted octanol–water partition coefficient (Wildman–Crippen LogP) is 5.70. The Balaban J connectivity index is 1.58. The van der Waals surface area contributed by atoms with Gasteiger partial charge in [-0.05, 0) is 68.2 Å². The molecule has 2 aromatic carbocycles. The van der Waals surface area contributed by atoms with Crippen molar-refractivity contribution in [1.82, 2.24) is 9.47 Å². The van der Waals surface area contributed by atoms with Crippen LogP contribution in [0.2, 0.25) is 5.02 Å². The molecule has 3 aromatic rings. The minimum atomic E-state index is -0.566. The number of benzene rings is 2. The van der Waals surface area contributed by atoms with Crippen molar-refractivity contribution in [3.63, 3.8) is 0 Å². The fraction of sp³-hybridized carbons (Fsp3) is 0.400. The number of hydrogen-bond donors (Lipinski definition) is 1. The van der Waals surface area contributed by atoms with Crippen LogP contribution in [0.25, 0.3) is 10.9 Å². The lowest BCUT2D eigenvalue weighted by Gasteiger charge is -2.27. The number of aromatic hydroxyl groups is 1. The van der Waals surface area contributed by atoms with Gasteiger partial charge in [-0.25, -0.2) is 0 Å². The first kappa shape index (κ1) is 24.0. The zero-order valence-corrected chi connectivity index (χ0v) is 20.2. The Morgan fingerprint density at radius 3 is 2.68 bits per heavy atom. The quantitative estimate of drug-likeness (QED) is 0.414. The summed E-state index contributed by atoms with van der Waals surface area (Å²) in [4.78, 5) is 14.7. The van der Waals surface area contributed by atoms with Crippen LogP contribution in [0.1, 0.15) is 31.7 Å². The number of aromatic nitrogens is 1. The Morgan fingerprint density at radius 2 is 1.94 bits per heavy atom. The van der Waals surface area contributed by atoms with E-state index in [4.69, 9.17) is 21.1 Å². The smallest absolute Gasteiger partial charge is 0.302 e. The minimum absolute atomic E-state index is 0.0477. The highest BCUT2D eigenvalue weighted by Gasteiger charge is 2.22. The van der Waals surface area contributed by atoms with E-state index < -0.39 is 5.91 Å². The third kappa shape index (κ3) is 5.18. The van der Waals surface area contributed by atoms with Crippen LogP contribution in [-0.4, -0.2) is 47.3 Å². The summed E-state index contributed by atoms with van der Waals surface area (Å²) in [7, 11) is 1.56. The van der Waals surface area contributed by atoms with Gasteiger partial charge in [0.2, 0.25) is 5.88 Å². The normalized spacial score (nSPS) is 14.7. The number of azo groups is 1. The zero-order chi connectivity index (χ0) is 24.1. The van der Waals surface area contributed by atoms with Crippen LogP contribution in [0.4, 0.5) is 5.69 Å². The summed E-state index contributed by atoms with van der Waals surface area (Å²) in [5.41, 5.74) is 1.88. The lowest BCUT2D eigenvalue weighted by molar-refractivity contribution is -0.120. The molecule has 0 unspecified atom stereocenters. The van der Waals surface area contributed by atoms with Crippen molar-refractivity contribution in [2.45, 2.75) is 39.3 Å². The van der Waals surface area contributed by atoms with E-state index in [0.29, 0.717) is 28.6 Å². The van der Waals surface area contributed by atoms with Crippen LogP contribution >= 0.6 is 11.6 Å². The molecule has 180 valence electrons. The first-order chi connectivity index (χ1) is 16.5. The van der Waals surface area contributed by atoms with Gasteiger partial charge in [-0.3, -0.25) is 14.3 Å². The molecule has 1 fully saturated rings. The minimum Gasteiger partial charge on any atom is -0.496 e. The molecule has 0 spiro atoms. The number of aryl methyl sites for hydroxylation is 1. The van der Waals surface area contributed by atoms with Crippen molar-refractivity contribution in [2.24, 2.45) is 10.2 Å². The number of ether oxygens (including phenoxy) is 2. The standard InChI is InChI=1S/C25H29ClN4O4/c1-3-17-14-18(26)10-11-20(17)34-15-22(31)27-28-24-23-19(8-7-9-21(23)33-2)30(25(24)32)16-29-12-5-4-6-13-29/h7-11,14,32H,3-6,12-13,15-16H2,1-2H3. The number of carbonyl (C=O) groups excluding carboxylic acids is 1. The summed E-state index contributed by atoms with van der Waals surface area (Å²) >= 11 is 6.03. The molecular formula is C25H29ClN4O4. The van der Waals surface area contributed by atoms with E-state index in [0.717, 1.165) is 43.4 Å². The second kappa shape index (κ2) is 10.9. The fourth-order valence-corrected chi connectivity index (χ4v) is 4.48. The maximum Gasteiger partial charge on any atom is 0.302 e. The average Bonchev–Trinajstić information content (AvgIpc) is 3.13. The van der Waals surface area contributed by atoms with Gasteiger partial charge in [0.05, 0.1) is 24.7 Å². The molecule has 4 rings (SSSR count). The second-order valence-corrected chi connectivity index (χ2v) is 8.70. The number of fused-ring (bicyclic) bond motifs is 1. The lowest BCUT2D eigenvalue weighted by Crippen LogP contribution is -2.31. The molecule has 1 amide bonds. The van der Waals surface area contributed by atoms with Crippen LogP contribution in [0.15, 0.2) is 46.6 Å². The van der Waals surface area contributed by atoms with Crippen molar-refractivity contribution >= 4 is 34.1 Å². The highest BCUT2D eigenvalue weighted by molar-refractivity contribution is 6.30. The van der Waals surface area contributed by atoms with Gasteiger partial charge in [-0.15, -0.1) is 10.2 Å². The summed E-state index contributed by atoms with van der Waals surface area (Å²) in [6, 6.07) is 10.8. The number of likely N-dealkylation sites (tertiary alicyclic amines) is 1. The van der Waals surface area contributed by atoms with Crippen molar-refractivity contribution in [1.29, 1.82) is 0 Å². The Morgan fingerprint density at radius 1 is 1.15 bits per heavy atom. The number of carbonyl (C=O) groups is 1. The maximum atomic E-state index is 12.4. The number of nitrogens with zero attached hydrogens (tertiary/aromatic N) is 4. The summed E-state index contributed by atoms with van der Waals surface area (Å²) in [6.07, 6.45) is 4.22. The topological polar surface area (TPSA) is 88.7 Å². The third-order valence-electron chi connectivity index (χ3n) is 6.03. The van der Waals surface area contributed by atoms with Crippen LogP contribution in [0.3, 0.4) is 0 Å². The molecule has 1 N–H and O–H groups in total. The molecule has 1 aromatic heterocycles. The van der Waals surface area contributed by atoms with Crippen LogP contribution < -0.4 is 9.47 Å². The number of piperidine rings is 1. The van der Waals surface area contributed by atoms with E-state index >= 15 is 0 Å². The summed E-state index contributed by atoms with van der Waals surface area (Å²) < 4.78 is 12.9. The number of amides is 1. The molecule has 1 aliphatic rings. The van der Waals surface area contributed by atoms with E-state index in [-0.39, 0.29) is 18.2 Å². The molecule has 0 aliphatic carbocycles. The second-order valence-electron chi connectivity index (χ2n) is 8.26. The van der Waals surface area contributed by atoms with Crippen LogP contribution in [-0.2, 0) is 17.9 Å². The van der Waals surface area contributed by atoms with Crippen LogP contribution in [0.5, 0.6) is 17.4 Å². The molecule has 9 heteroatoms. The van der Waals surface area contributed by atoms with Gasteiger partial charge in [-0.1, -0.05) is 31.0 Å². The van der Waals surface area contributed by atoms with Gasteiger partial charge >= 0.3 is 5.91 Å². The monoisotopic (exact) mass is 484 g/mol. The number of halogens is 1. The van der Waals surface area contributed by atoms with E-state index in [2.05, 4.69) is 15.1 Å². The highest BCUT2D eigenvalue weighted by Crippen LogP contribution is 2.43.